The van der Waals surface area contributed by atoms with Gasteiger partial charge in [0.05, 0.1) is 16.7 Å². The van der Waals surface area contributed by atoms with Crippen LogP contribution in [0.3, 0.4) is 0 Å². The molecular weight excluding hydrogens is 418 g/mol. The number of aliphatic carboxylic acids is 1. The van der Waals surface area contributed by atoms with Gasteiger partial charge in [-0.25, -0.2) is 4.79 Å². The lowest BCUT2D eigenvalue weighted by Gasteiger charge is -2.27. The zero-order chi connectivity index (χ0) is 19.3. The molecule has 1 aliphatic rings. The van der Waals surface area contributed by atoms with Crippen LogP contribution in [0.4, 0.5) is 0 Å². The SMILES string of the molecule is C=C(/C(C(=O)O)=C(\S)NC(=O)C1CCCC(OC)C1)c1ccc(Br)cc1. The van der Waals surface area contributed by atoms with Crippen molar-refractivity contribution in [2.45, 2.75) is 31.8 Å². The molecule has 1 aromatic carbocycles. The van der Waals surface area contributed by atoms with E-state index < -0.39 is 5.97 Å². The predicted molar refractivity (Wildman–Crippen MR) is 108 cm³/mol. The van der Waals surface area contributed by atoms with Crippen molar-refractivity contribution < 1.29 is 19.4 Å². The summed E-state index contributed by atoms with van der Waals surface area (Å²) >= 11 is 7.58. The number of carboxylic acids is 1. The van der Waals surface area contributed by atoms with Gasteiger partial charge in [0.1, 0.15) is 0 Å². The zero-order valence-electron chi connectivity index (χ0n) is 14.5. The Bertz CT molecular complexity index is 730. The van der Waals surface area contributed by atoms with E-state index in [1.54, 1.807) is 31.4 Å². The minimum absolute atomic E-state index is 0.00467. The third-order valence-electron chi connectivity index (χ3n) is 4.52. The molecule has 1 aliphatic carbocycles. The van der Waals surface area contributed by atoms with Crippen LogP contribution in [0.5, 0.6) is 0 Å². The molecule has 140 valence electrons. The van der Waals surface area contributed by atoms with Gasteiger partial charge in [-0.05, 0) is 42.5 Å². The molecule has 26 heavy (non-hydrogen) atoms. The van der Waals surface area contributed by atoms with Crippen molar-refractivity contribution in [3.8, 4) is 0 Å². The Hall–Kier alpha value is -1.57. The molecule has 1 amide bonds. The number of nitrogens with one attached hydrogen (secondary N) is 1. The average Bonchev–Trinajstić information content (AvgIpc) is 2.62. The van der Waals surface area contributed by atoms with Crippen molar-refractivity contribution in [3.63, 3.8) is 0 Å². The standard InChI is InChI=1S/C19H22BrNO4S/c1-11(12-6-8-14(20)9-7-12)16(19(23)24)18(26)21-17(22)13-4-3-5-15(10-13)25-2/h6-9,13,15,26H,1,3-5,10H2,2H3,(H,21,22)(H,23,24)/b18-16+. The summed E-state index contributed by atoms with van der Waals surface area (Å²) in [5, 5.41) is 12.2. The first-order valence-electron chi connectivity index (χ1n) is 8.28. The highest BCUT2D eigenvalue weighted by Gasteiger charge is 2.28. The number of thiol groups is 1. The normalized spacial score (nSPS) is 20.9. The average molecular weight is 440 g/mol. The third kappa shape index (κ3) is 5.22. The molecule has 2 unspecified atom stereocenters. The van der Waals surface area contributed by atoms with Crippen LogP contribution in [0.25, 0.3) is 5.57 Å². The highest BCUT2D eigenvalue weighted by Crippen LogP contribution is 2.29. The number of carboxylic acid groups (broad SMARTS) is 1. The molecule has 1 fully saturated rings. The highest BCUT2D eigenvalue weighted by atomic mass is 79.9. The van der Waals surface area contributed by atoms with Crippen LogP contribution in [0.2, 0.25) is 0 Å². The van der Waals surface area contributed by atoms with Gasteiger partial charge in [0.25, 0.3) is 0 Å². The van der Waals surface area contributed by atoms with Crippen molar-refractivity contribution in [3.05, 3.63) is 51.5 Å². The molecule has 0 radical (unpaired) electrons. The molecule has 0 saturated heterocycles. The van der Waals surface area contributed by atoms with E-state index in [9.17, 15) is 14.7 Å². The molecule has 0 aromatic heterocycles. The predicted octanol–water partition coefficient (Wildman–Crippen LogP) is 4.01. The lowest BCUT2D eigenvalue weighted by molar-refractivity contribution is -0.132. The quantitative estimate of drug-likeness (QED) is 0.355. The Labute approximate surface area is 167 Å². The van der Waals surface area contributed by atoms with E-state index in [0.717, 1.165) is 23.7 Å². The Kier molecular flexibility index (Phi) is 7.49. The van der Waals surface area contributed by atoms with Crippen LogP contribution >= 0.6 is 28.6 Å². The number of benzene rings is 1. The molecule has 1 saturated carbocycles. The highest BCUT2D eigenvalue weighted by molar-refractivity contribution is 9.10. The fourth-order valence-electron chi connectivity index (χ4n) is 3.05. The van der Waals surface area contributed by atoms with Crippen LogP contribution in [0.1, 0.15) is 31.2 Å². The number of carbonyl (C=O) groups excluding carboxylic acids is 1. The summed E-state index contributed by atoms with van der Waals surface area (Å²) in [6, 6.07) is 7.10. The van der Waals surface area contributed by atoms with Gasteiger partial charge < -0.3 is 15.2 Å². The molecular formula is C19H22BrNO4S. The first kappa shape index (κ1) is 20.7. The number of methoxy groups -OCH3 is 1. The number of hydrogen-bond acceptors (Lipinski definition) is 4. The molecule has 0 heterocycles. The number of ether oxygens (including phenoxy) is 1. The molecule has 0 bridgehead atoms. The van der Waals surface area contributed by atoms with Gasteiger partial charge in [-0.15, -0.1) is 12.6 Å². The largest absolute Gasteiger partial charge is 0.478 e. The molecule has 2 N–H and O–H groups in total. The molecule has 2 atom stereocenters. The molecule has 5 nitrogen and oxygen atoms in total. The fourth-order valence-corrected chi connectivity index (χ4v) is 3.65. The Morgan fingerprint density at radius 1 is 1.31 bits per heavy atom. The lowest BCUT2D eigenvalue weighted by atomic mass is 9.86. The Morgan fingerprint density at radius 3 is 2.54 bits per heavy atom. The van der Waals surface area contributed by atoms with E-state index in [-0.39, 0.29) is 34.1 Å². The van der Waals surface area contributed by atoms with Gasteiger partial charge in [-0.2, -0.15) is 0 Å². The summed E-state index contributed by atoms with van der Waals surface area (Å²) in [5.74, 6) is -1.65. The minimum atomic E-state index is -1.19. The van der Waals surface area contributed by atoms with Gasteiger partial charge in [-0.1, -0.05) is 41.1 Å². The smallest absolute Gasteiger partial charge is 0.338 e. The van der Waals surface area contributed by atoms with Gasteiger partial charge >= 0.3 is 5.97 Å². The number of rotatable bonds is 6. The summed E-state index contributed by atoms with van der Waals surface area (Å²) < 4.78 is 6.22. The maximum absolute atomic E-state index is 12.5. The number of carbonyl (C=O) groups is 2. The Balaban J connectivity index is 2.19. The second kappa shape index (κ2) is 9.39. The topological polar surface area (TPSA) is 75.6 Å². The first-order valence-corrected chi connectivity index (χ1v) is 9.53. The maximum Gasteiger partial charge on any atom is 0.338 e. The van der Waals surface area contributed by atoms with Crippen LogP contribution in [0, 0.1) is 5.92 Å². The summed E-state index contributed by atoms with van der Waals surface area (Å²) in [4.78, 5) is 24.3. The van der Waals surface area contributed by atoms with Crippen molar-refractivity contribution in [1.29, 1.82) is 0 Å². The lowest BCUT2D eigenvalue weighted by Crippen LogP contribution is -2.35. The monoisotopic (exact) mass is 439 g/mol. The van der Waals surface area contributed by atoms with Gasteiger partial charge in [-0.3, -0.25) is 4.79 Å². The fraction of sp³-hybridized carbons (Fsp3) is 0.368. The van der Waals surface area contributed by atoms with Crippen molar-refractivity contribution >= 4 is 46.0 Å². The van der Waals surface area contributed by atoms with E-state index >= 15 is 0 Å². The Morgan fingerprint density at radius 2 is 1.96 bits per heavy atom. The van der Waals surface area contributed by atoms with Gasteiger partial charge in [0.2, 0.25) is 5.91 Å². The van der Waals surface area contributed by atoms with Crippen LogP contribution < -0.4 is 5.32 Å². The van der Waals surface area contributed by atoms with E-state index in [1.165, 1.54) is 0 Å². The van der Waals surface area contributed by atoms with Crippen LogP contribution in [-0.4, -0.2) is 30.2 Å². The van der Waals surface area contributed by atoms with E-state index in [4.69, 9.17) is 4.74 Å². The molecule has 7 heteroatoms. The summed E-state index contributed by atoms with van der Waals surface area (Å²) in [6.07, 6.45) is 3.27. The number of halogens is 1. The van der Waals surface area contributed by atoms with Crippen molar-refractivity contribution in [2.24, 2.45) is 5.92 Å². The summed E-state index contributed by atoms with van der Waals surface area (Å²) in [7, 11) is 1.64. The van der Waals surface area contributed by atoms with E-state index in [0.29, 0.717) is 12.0 Å². The maximum atomic E-state index is 12.5. The first-order chi connectivity index (χ1) is 12.3. The third-order valence-corrected chi connectivity index (χ3v) is 5.38. The summed E-state index contributed by atoms with van der Waals surface area (Å²) in [6.45, 7) is 3.87. The molecule has 2 rings (SSSR count). The second-order valence-corrected chi connectivity index (χ2v) is 7.59. The molecule has 1 aromatic rings. The molecule has 0 aliphatic heterocycles. The molecule has 0 spiro atoms. The van der Waals surface area contributed by atoms with Crippen molar-refractivity contribution in [1.82, 2.24) is 5.32 Å². The van der Waals surface area contributed by atoms with Gasteiger partial charge in [0, 0.05) is 17.5 Å². The summed E-state index contributed by atoms with van der Waals surface area (Å²) in [5.41, 5.74) is 0.806. The van der Waals surface area contributed by atoms with E-state index in [1.807, 2.05) is 0 Å². The van der Waals surface area contributed by atoms with E-state index in [2.05, 4.69) is 40.5 Å². The zero-order valence-corrected chi connectivity index (χ0v) is 17.0. The second-order valence-electron chi connectivity index (χ2n) is 6.22. The van der Waals surface area contributed by atoms with Crippen molar-refractivity contribution in [2.75, 3.05) is 7.11 Å². The number of amides is 1. The minimum Gasteiger partial charge on any atom is -0.478 e. The van der Waals surface area contributed by atoms with Crippen LogP contribution in [-0.2, 0) is 14.3 Å². The van der Waals surface area contributed by atoms with Gasteiger partial charge in [0.15, 0.2) is 0 Å². The number of hydrogen-bond donors (Lipinski definition) is 3. The van der Waals surface area contributed by atoms with Crippen LogP contribution in [0.15, 0.2) is 45.9 Å².